The van der Waals surface area contributed by atoms with E-state index in [1.807, 2.05) is 0 Å². The summed E-state index contributed by atoms with van der Waals surface area (Å²) in [6, 6.07) is 0. The fourth-order valence-corrected chi connectivity index (χ4v) is 9.60. The Labute approximate surface area is 335 Å². The van der Waals surface area contributed by atoms with Gasteiger partial charge >= 0.3 is 5.97 Å². The van der Waals surface area contributed by atoms with Crippen molar-refractivity contribution in [3.05, 3.63) is 12.2 Å². The molecule has 0 aromatic carbocycles. The van der Waals surface area contributed by atoms with Crippen molar-refractivity contribution in [2.45, 2.75) is 174 Å². The van der Waals surface area contributed by atoms with E-state index >= 15 is 0 Å². The summed E-state index contributed by atoms with van der Waals surface area (Å²) in [6.45, 7) is -1.33. The minimum Gasteiger partial charge on any atom is -0.453 e. The number of methoxy groups -OCH3 is 2. The Morgan fingerprint density at radius 2 is 1.36 bits per heavy atom. The zero-order valence-corrected chi connectivity index (χ0v) is 32.6. The first-order valence-electron chi connectivity index (χ1n) is 20.3. The number of ether oxygens (including phenoxy) is 8. The lowest BCUT2D eigenvalue weighted by molar-refractivity contribution is -0.363. The topological polar surface area (TPSA) is 317 Å². The van der Waals surface area contributed by atoms with Crippen LogP contribution in [0, 0.1) is 17.8 Å². The SMILES string of the molecule is COC1CC(C=CC(=O)O[C@@H]2[C@@H](O)[C@H](O)[C@@H](OC3CC4C(O)CC(O)CC4[OH+]C3C3CCC(O)C(O)C3)O[C@H]2CO[C@H]2O[C@@H](CO)[C@H](O)[C@@H](O)[C@@H]2O)CC(OC)C1O. The van der Waals surface area contributed by atoms with E-state index in [1.165, 1.54) is 14.2 Å². The van der Waals surface area contributed by atoms with Gasteiger partial charge in [0, 0.05) is 39.1 Å². The molecule has 11 unspecified atom stereocenters. The molecule has 3 saturated carbocycles. The normalized spacial score (nSPS) is 50.3. The highest BCUT2D eigenvalue weighted by Gasteiger charge is 2.56. The summed E-state index contributed by atoms with van der Waals surface area (Å²) in [6.07, 6.45) is -18.9. The Morgan fingerprint density at radius 1 is 0.690 bits per heavy atom. The zero-order valence-electron chi connectivity index (χ0n) is 32.6. The van der Waals surface area contributed by atoms with Gasteiger partial charge in [-0.3, -0.25) is 0 Å². The summed E-state index contributed by atoms with van der Waals surface area (Å²) < 4.78 is 45.2. The molecule has 58 heavy (non-hydrogen) atoms. The van der Waals surface area contributed by atoms with Gasteiger partial charge in [-0.25, -0.2) is 4.79 Å². The zero-order chi connectivity index (χ0) is 42.0. The Bertz CT molecular complexity index is 1330. The fourth-order valence-electron chi connectivity index (χ4n) is 9.60. The molecule has 0 spiro atoms. The maximum absolute atomic E-state index is 13.3. The van der Waals surface area contributed by atoms with Crippen LogP contribution in [0.3, 0.4) is 0 Å². The molecule has 3 aliphatic heterocycles. The molecule has 0 aromatic rings. The highest BCUT2D eigenvalue weighted by molar-refractivity contribution is 5.82. The van der Waals surface area contributed by atoms with Crippen LogP contribution in [-0.2, 0) is 38.0 Å². The highest BCUT2D eigenvalue weighted by Crippen LogP contribution is 2.42. The van der Waals surface area contributed by atoms with Gasteiger partial charge in [0.1, 0.15) is 54.9 Å². The van der Waals surface area contributed by atoms with Crippen molar-refractivity contribution in [3.63, 3.8) is 0 Å². The Hall–Kier alpha value is -1.51. The quantitative estimate of drug-likeness (QED) is 0.0499. The third-order valence-electron chi connectivity index (χ3n) is 13.0. The summed E-state index contributed by atoms with van der Waals surface area (Å²) in [7, 11) is 2.91. The van der Waals surface area contributed by atoms with Gasteiger partial charge in [-0.05, 0) is 44.4 Å². The van der Waals surface area contributed by atoms with E-state index in [0.29, 0.717) is 32.1 Å². The molecule has 0 bridgehead atoms. The predicted octanol–water partition coefficient (Wildman–Crippen LogP) is -4.77. The Kier molecular flexibility index (Phi) is 16.0. The average Bonchev–Trinajstić information content (AvgIpc) is 3.20. The van der Waals surface area contributed by atoms with E-state index in [-0.39, 0.29) is 31.1 Å². The summed E-state index contributed by atoms with van der Waals surface area (Å²) in [5.41, 5.74) is 0. The second-order valence-electron chi connectivity index (χ2n) is 16.8. The molecule has 3 aliphatic carbocycles. The highest BCUT2D eigenvalue weighted by atomic mass is 16.7. The maximum atomic E-state index is 13.3. The smallest absolute Gasteiger partial charge is 0.330 e. The molecular weight excluding hydrogens is 776 g/mol. The molecular formula is C38H63O20+. The number of fused-ring (bicyclic) bond motifs is 1. The van der Waals surface area contributed by atoms with Gasteiger partial charge in [-0.1, -0.05) is 6.08 Å². The molecule has 20 heteroatoms. The van der Waals surface area contributed by atoms with Crippen LogP contribution in [0.15, 0.2) is 12.2 Å². The van der Waals surface area contributed by atoms with Gasteiger partial charge in [0.05, 0.1) is 55.8 Å². The van der Waals surface area contributed by atoms with Crippen LogP contribution in [0.1, 0.15) is 51.4 Å². The number of esters is 1. The minimum atomic E-state index is -1.85. The Balaban J connectivity index is 1.21. The van der Waals surface area contributed by atoms with Crippen LogP contribution in [0.5, 0.6) is 0 Å². The summed E-state index contributed by atoms with van der Waals surface area (Å²) in [5.74, 6) is -1.91. The number of aliphatic hydroxyl groups excluding tert-OH is 11. The van der Waals surface area contributed by atoms with Crippen molar-refractivity contribution in [2.75, 3.05) is 27.4 Å². The molecule has 21 atom stereocenters. The van der Waals surface area contributed by atoms with Gasteiger partial charge < -0.3 is 94.1 Å². The fraction of sp³-hybridized carbons (Fsp3) is 0.921. The molecule has 3 saturated heterocycles. The van der Waals surface area contributed by atoms with Crippen molar-refractivity contribution in [1.29, 1.82) is 0 Å². The number of allylic oxidation sites excluding steroid dienone is 1. The molecule has 6 rings (SSSR count). The van der Waals surface area contributed by atoms with Gasteiger partial charge in [-0.2, -0.15) is 0 Å². The van der Waals surface area contributed by atoms with Crippen molar-refractivity contribution < 1.29 is 98.9 Å². The standard InChI is InChI=1S/C38H62O20/c1-51-23-7-15(8-24(52-2)29(23)45)3-6-28(44)58-36-27(14-53-37-33(49)31(47)30(46)26(13-39)56-37)57-38(34(50)32(36)48)55-25-12-18-20(42)10-17(40)11-22(18)54-35(25)16-4-5-19(41)21(43)9-16/h3,6,15-27,29-43,45-50H,4-5,7-14H2,1-2H3/p+1/t15?,16?,17?,18?,19?,20?,21?,22?,23?,24?,25?,26-,27-,29?,30-,31+,32-,33-,34-,35?,36-,37-,38-/m0/s1. The number of hydrogen-bond acceptors (Lipinski definition) is 19. The molecule has 6 aliphatic rings. The van der Waals surface area contributed by atoms with Crippen LogP contribution in [0.2, 0.25) is 0 Å². The third kappa shape index (κ3) is 10.2. The van der Waals surface area contributed by atoms with Crippen molar-refractivity contribution >= 4 is 5.97 Å². The molecule has 6 fully saturated rings. The first-order valence-corrected chi connectivity index (χ1v) is 20.3. The van der Waals surface area contributed by atoms with E-state index in [9.17, 15) is 61.0 Å². The molecule has 0 radical (unpaired) electrons. The van der Waals surface area contributed by atoms with Gasteiger partial charge in [0.25, 0.3) is 0 Å². The minimum absolute atomic E-state index is 0.130. The van der Waals surface area contributed by atoms with E-state index in [1.54, 1.807) is 6.08 Å². The van der Waals surface area contributed by atoms with E-state index in [4.69, 9.17) is 37.9 Å². The van der Waals surface area contributed by atoms with Crippen molar-refractivity contribution in [3.8, 4) is 0 Å². The summed E-state index contributed by atoms with van der Waals surface area (Å²) in [4.78, 5) is 13.3. The van der Waals surface area contributed by atoms with Crippen LogP contribution >= 0.6 is 0 Å². The first kappa shape index (κ1) is 46.0. The van der Waals surface area contributed by atoms with E-state index in [2.05, 4.69) is 0 Å². The van der Waals surface area contributed by atoms with E-state index in [0.717, 1.165) is 6.08 Å². The molecule has 12 N–H and O–H groups in total. The van der Waals surface area contributed by atoms with Gasteiger partial charge in [0.2, 0.25) is 0 Å². The number of carbonyl (C=O) groups excluding carboxylic acids is 1. The van der Waals surface area contributed by atoms with E-state index < -0.39 is 148 Å². The average molecular weight is 840 g/mol. The van der Waals surface area contributed by atoms with Crippen LogP contribution in [0.4, 0.5) is 0 Å². The molecule has 0 amide bonds. The third-order valence-corrected chi connectivity index (χ3v) is 13.0. The second kappa shape index (κ2) is 20.1. The Morgan fingerprint density at radius 3 is 2.02 bits per heavy atom. The molecule has 0 aromatic heterocycles. The first-order chi connectivity index (χ1) is 27.6. The molecule has 334 valence electrons. The van der Waals surface area contributed by atoms with Crippen molar-refractivity contribution in [1.82, 2.24) is 0 Å². The lowest BCUT2D eigenvalue weighted by Gasteiger charge is -2.48. The maximum Gasteiger partial charge on any atom is 0.330 e. The predicted molar refractivity (Wildman–Crippen MR) is 193 cm³/mol. The van der Waals surface area contributed by atoms with Crippen LogP contribution < -0.4 is 0 Å². The lowest BCUT2D eigenvalue weighted by Crippen LogP contribution is -2.64. The monoisotopic (exact) mass is 839 g/mol. The van der Waals surface area contributed by atoms with Crippen molar-refractivity contribution in [2.24, 2.45) is 17.8 Å². The molecule has 3 heterocycles. The van der Waals surface area contributed by atoms with Gasteiger partial charge in [0.15, 0.2) is 30.9 Å². The number of aliphatic hydroxyl groups is 13. The number of carbonyl (C=O) groups is 1. The second-order valence-corrected chi connectivity index (χ2v) is 16.8. The summed E-state index contributed by atoms with van der Waals surface area (Å²) >= 11 is 0. The van der Waals surface area contributed by atoms with Gasteiger partial charge in [-0.15, -0.1) is 0 Å². The van der Waals surface area contributed by atoms with Crippen LogP contribution in [0.25, 0.3) is 0 Å². The lowest BCUT2D eigenvalue weighted by atomic mass is 9.72. The molecule has 20 nitrogen and oxygen atoms in total. The summed E-state index contributed by atoms with van der Waals surface area (Å²) in [5, 5.41) is 117. The largest absolute Gasteiger partial charge is 0.453 e. The number of rotatable bonds is 12. The number of hydrogen-bond donors (Lipinski definition) is 11. The van der Waals surface area contributed by atoms with Crippen LogP contribution in [-0.4, -0.2) is 217 Å².